The van der Waals surface area contributed by atoms with Crippen LogP contribution in [-0.4, -0.2) is 47.0 Å². The first-order valence-electron chi connectivity index (χ1n) is 14.0. The van der Waals surface area contributed by atoms with Crippen LogP contribution in [-0.2, 0) is 21.6 Å². The molecule has 0 unspecified atom stereocenters. The highest BCUT2D eigenvalue weighted by molar-refractivity contribution is 5.96. The molecule has 3 aromatic rings. The number of benzene rings is 3. The second-order valence-electron chi connectivity index (χ2n) is 11.4. The number of carbonyl (C=O) groups excluding carboxylic acids is 2. The lowest BCUT2D eigenvalue weighted by Crippen LogP contribution is -2.44. The number of esters is 1. The minimum atomic E-state index is -1.01. The van der Waals surface area contributed by atoms with Crippen molar-refractivity contribution in [3.63, 3.8) is 0 Å². The quantitative estimate of drug-likeness (QED) is 0.238. The van der Waals surface area contributed by atoms with Crippen LogP contribution in [0.4, 0.5) is 0 Å². The molecule has 1 fully saturated rings. The zero-order valence-electron chi connectivity index (χ0n) is 23.4. The van der Waals surface area contributed by atoms with E-state index in [0.29, 0.717) is 12.8 Å². The van der Waals surface area contributed by atoms with Crippen LogP contribution in [0.5, 0.6) is 0 Å². The zero-order valence-corrected chi connectivity index (χ0v) is 23.4. The molecule has 0 radical (unpaired) electrons. The summed E-state index contributed by atoms with van der Waals surface area (Å²) >= 11 is 0. The van der Waals surface area contributed by atoms with E-state index in [1.54, 1.807) is 0 Å². The standard InChI is InChI=1S/C34H41NO4/c1-26(36)39-33(2,3)25-27-16-18-28(19-17-27)32(37)15-10-22-35-23-20-31(21-24-35)34(38,29-11-6-4-7-12-29)30-13-8-5-9-14-30/h4-9,11-14,16-19,31,38H,10,15,20-25H2,1-3H3. The number of hydrogen-bond donors (Lipinski definition) is 1. The summed E-state index contributed by atoms with van der Waals surface area (Å²) < 4.78 is 5.38. The number of Topliss-reactive ketones (excluding diaryl/α,β-unsaturated/α-hetero) is 1. The first-order chi connectivity index (χ1) is 18.7. The molecular formula is C34H41NO4. The van der Waals surface area contributed by atoms with Crippen molar-refractivity contribution in [3.8, 4) is 0 Å². The molecule has 206 valence electrons. The van der Waals surface area contributed by atoms with Gasteiger partial charge in [-0.25, -0.2) is 0 Å². The summed E-state index contributed by atoms with van der Waals surface area (Å²) in [5, 5.41) is 12.1. The second kappa shape index (κ2) is 12.7. The molecule has 39 heavy (non-hydrogen) atoms. The van der Waals surface area contributed by atoms with Crippen LogP contribution >= 0.6 is 0 Å². The van der Waals surface area contributed by atoms with E-state index in [9.17, 15) is 14.7 Å². The zero-order chi connectivity index (χ0) is 27.9. The van der Waals surface area contributed by atoms with E-state index in [4.69, 9.17) is 4.74 Å². The van der Waals surface area contributed by atoms with E-state index in [2.05, 4.69) is 4.90 Å². The smallest absolute Gasteiger partial charge is 0.303 e. The minimum Gasteiger partial charge on any atom is -0.460 e. The van der Waals surface area contributed by atoms with Gasteiger partial charge in [0, 0.05) is 25.3 Å². The van der Waals surface area contributed by atoms with Crippen LogP contribution in [0.25, 0.3) is 0 Å². The number of carbonyl (C=O) groups is 2. The molecule has 1 heterocycles. The van der Waals surface area contributed by atoms with Crippen LogP contribution in [0, 0.1) is 5.92 Å². The van der Waals surface area contributed by atoms with Crippen molar-refractivity contribution < 1.29 is 19.4 Å². The third-order valence-electron chi connectivity index (χ3n) is 7.81. The Hall–Kier alpha value is -3.28. The Morgan fingerprint density at radius 1 is 0.872 bits per heavy atom. The van der Waals surface area contributed by atoms with Crippen molar-refractivity contribution in [3.05, 3.63) is 107 Å². The van der Waals surface area contributed by atoms with Crippen LogP contribution in [0.15, 0.2) is 84.9 Å². The number of nitrogens with zero attached hydrogens (tertiary/aromatic N) is 1. The van der Waals surface area contributed by atoms with Crippen LogP contribution in [0.1, 0.15) is 73.5 Å². The number of likely N-dealkylation sites (tertiary alicyclic amines) is 1. The predicted molar refractivity (Wildman–Crippen MR) is 155 cm³/mol. The molecule has 1 N–H and O–H groups in total. The van der Waals surface area contributed by atoms with E-state index in [0.717, 1.165) is 61.2 Å². The van der Waals surface area contributed by atoms with E-state index in [-0.39, 0.29) is 17.7 Å². The number of ketones is 1. The SMILES string of the molecule is CC(=O)OC(C)(C)Cc1ccc(C(=O)CCCN2CCC(C(O)(c3ccccc3)c3ccccc3)CC2)cc1. The Morgan fingerprint density at radius 2 is 1.41 bits per heavy atom. The summed E-state index contributed by atoms with van der Waals surface area (Å²) in [6.07, 6.45) is 3.72. The molecule has 0 saturated carbocycles. The average Bonchev–Trinajstić information content (AvgIpc) is 2.93. The van der Waals surface area contributed by atoms with Gasteiger partial charge >= 0.3 is 5.97 Å². The molecule has 5 nitrogen and oxygen atoms in total. The Kier molecular flexibility index (Phi) is 9.36. The Balaban J connectivity index is 1.28. The lowest BCUT2D eigenvalue weighted by Gasteiger charge is -2.42. The largest absolute Gasteiger partial charge is 0.460 e. The van der Waals surface area contributed by atoms with Gasteiger partial charge in [-0.1, -0.05) is 84.9 Å². The van der Waals surface area contributed by atoms with Crippen molar-refractivity contribution >= 4 is 11.8 Å². The molecular weight excluding hydrogens is 486 g/mol. The van der Waals surface area contributed by atoms with E-state index in [1.807, 2.05) is 98.8 Å². The van der Waals surface area contributed by atoms with Crippen LogP contribution in [0.3, 0.4) is 0 Å². The number of ether oxygens (including phenoxy) is 1. The minimum absolute atomic E-state index is 0.129. The first kappa shape index (κ1) is 28.7. The molecule has 4 rings (SSSR count). The molecule has 0 bridgehead atoms. The lowest BCUT2D eigenvalue weighted by atomic mass is 9.72. The summed E-state index contributed by atoms with van der Waals surface area (Å²) in [5.41, 5.74) is 2.06. The first-order valence-corrected chi connectivity index (χ1v) is 14.0. The van der Waals surface area contributed by atoms with Crippen molar-refractivity contribution in [1.82, 2.24) is 4.90 Å². The number of aliphatic hydroxyl groups is 1. The van der Waals surface area contributed by atoms with Crippen molar-refractivity contribution in [2.45, 2.75) is 64.1 Å². The molecule has 0 aliphatic carbocycles. The maximum absolute atomic E-state index is 12.8. The van der Waals surface area contributed by atoms with Gasteiger partial charge in [0.1, 0.15) is 11.2 Å². The van der Waals surface area contributed by atoms with Gasteiger partial charge in [-0.3, -0.25) is 9.59 Å². The fraction of sp³-hybridized carbons (Fsp3) is 0.412. The molecule has 1 aliphatic heterocycles. The molecule has 1 aliphatic rings. The highest BCUT2D eigenvalue weighted by Gasteiger charge is 2.41. The van der Waals surface area contributed by atoms with Gasteiger partial charge < -0.3 is 14.7 Å². The van der Waals surface area contributed by atoms with Crippen molar-refractivity contribution in [1.29, 1.82) is 0 Å². The molecule has 1 saturated heterocycles. The fourth-order valence-corrected chi connectivity index (χ4v) is 5.93. The van der Waals surface area contributed by atoms with Gasteiger partial charge in [0.2, 0.25) is 0 Å². The van der Waals surface area contributed by atoms with Gasteiger partial charge in [-0.15, -0.1) is 0 Å². The van der Waals surface area contributed by atoms with E-state index in [1.165, 1.54) is 6.92 Å². The van der Waals surface area contributed by atoms with Crippen LogP contribution < -0.4 is 0 Å². The Morgan fingerprint density at radius 3 is 1.92 bits per heavy atom. The monoisotopic (exact) mass is 527 g/mol. The van der Waals surface area contributed by atoms with Gasteiger partial charge in [0.25, 0.3) is 0 Å². The summed E-state index contributed by atoms with van der Waals surface area (Å²) in [5.74, 6) is -0.0122. The summed E-state index contributed by atoms with van der Waals surface area (Å²) in [7, 11) is 0. The van der Waals surface area contributed by atoms with Gasteiger partial charge in [0.15, 0.2) is 5.78 Å². The van der Waals surface area contributed by atoms with Gasteiger partial charge in [0.05, 0.1) is 0 Å². The summed E-state index contributed by atoms with van der Waals surface area (Å²) in [6.45, 7) is 7.89. The van der Waals surface area contributed by atoms with Crippen LogP contribution in [0.2, 0.25) is 0 Å². The molecule has 0 amide bonds. The third-order valence-corrected chi connectivity index (χ3v) is 7.81. The number of piperidine rings is 1. The average molecular weight is 528 g/mol. The van der Waals surface area contributed by atoms with Gasteiger partial charge in [-0.2, -0.15) is 0 Å². The maximum atomic E-state index is 12.8. The molecule has 0 aromatic heterocycles. The molecule has 0 spiro atoms. The number of rotatable bonds is 11. The molecule has 0 atom stereocenters. The number of hydrogen-bond acceptors (Lipinski definition) is 5. The van der Waals surface area contributed by atoms with E-state index >= 15 is 0 Å². The Bertz CT molecular complexity index is 1170. The van der Waals surface area contributed by atoms with Crippen molar-refractivity contribution in [2.24, 2.45) is 5.92 Å². The van der Waals surface area contributed by atoms with Crippen molar-refractivity contribution in [2.75, 3.05) is 19.6 Å². The Labute approximate surface area is 232 Å². The highest BCUT2D eigenvalue weighted by atomic mass is 16.6. The second-order valence-corrected chi connectivity index (χ2v) is 11.4. The summed E-state index contributed by atoms with van der Waals surface area (Å²) in [4.78, 5) is 26.5. The third kappa shape index (κ3) is 7.43. The maximum Gasteiger partial charge on any atom is 0.303 e. The van der Waals surface area contributed by atoms with Gasteiger partial charge in [-0.05, 0) is 75.4 Å². The predicted octanol–water partition coefficient (Wildman–Crippen LogP) is 6.18. The van der Waals surface area contributed by atoms with E-state index < -0.39 is 11.2 Å². The lowest BCUT2D eigenvalue weighted by molar-refractivity contribution is -0.153. The fourth-order valence-electron chi connectivity index (χ4n) is 5.93. The molecule has 5 heteroatoms. The normalized spacial score (nSPS) is 15.2. The topological polar surface area (TPSA) is 66.8 Å². The highest BCUT2D eigenvalue weighted by Crippen LogP contribution is 2.41. The summed E-state index contributed by atoms with van der Waals surface area (Å²) in [6, 6.07) is 27.7. The molecule has 3 aromatic carbocycles.